The topological polar surface area (TPSA) is 57.2 Å². The molecule has 0 fully saturated rings. The van der Waals surface area contributed by atoms with Crippen LogP contribution in [0.4, 0.5) is 0 Å². The van der Waals surface area contributed by atoms with Crippen LogP contribution in [0.15, 0.2) is 40.8 Å². The number of rotatable bonds is 3. The van der Waals surface area contributed by atoms with Gasteiger partial charge in [-0.25, -0.2) is 0 Å². The molecule has 1 aromatic carbocycles. The summed E-state index contributed by atoms with van der Waals surface area (Å²) in [4.78, 5) is 0. The summed E-state index contributed by atoms with van der Waals surface area (Å²) in [6.45, 7) is 0. The number of nitrogens with zero attached hydrogens (tertiary/aromatic N) is 1. The summed E-state index contributed by atoms with van der Waals surface area (Å²) in [5.74, 6) is 1.05. The van der Waals surface area contributed by atoms with Crippen LogP contribution >= 0.6 is 11.6 Å². The maximum Gasteiger partial charge on any atom is 0.134 e. The average Bonchev–Trinajstić information content (AvgIpc) is 2.80. The molecule has 0 unspecified atom stereocenters. The van der Waals surface area contributed by atoms with Gasteiger partial charge in [0, 0.05) is 10.6 Å². The van der Waals surface area contributed by atoms with Gasteiger partial charge in [0.15, 0.2) is 0 Å². The van der Waals surface area contributed by atoms with E-state index >= 15 is 0 Å². The summed E-state index contributed by atoms with van der Waals surface area (Å²) in [5.41, 5.74) is 0.879. The van der Waals surface area contributed by atoms with Crippen molar-refractivity contribution in [2.24, 2.45) is 0 Å². The SMILES string of the molecule is N#CC[C@@H](O)c1ccc(-c2ccc(Cl)cc2)o1. The molecule has 0 saturated heterocycles. The Labute approximate surface area is 104 Å². The summed E-state index contributed by atoms with van der Waals surface area (Å²) in [7, 11) is 0. The molecule has 0 radical (unpaired) electrons. The van der Waals surface area contributed by atoms with Crippen LogP contribution in [0, 0.1) is 11.3 Å². The fourth-order valence-electron chi connectivity index (χ4n) is 1.49. The molecule has 1 aromatic heterocycles. The van der Waals surface area contributed by atoms with Gasteiger partial charge in [0.05, 0.1) is 12.5 Å². The molecule has 4 heteroatoms. The van der Waals surface area contributed by atoms with Crippen molar-refractivity contribution >= 4 is 11.6 Å². The lowest BCUT2D eigenvalue weighted by Crippen LogP contribution is -1.92. The fraction of sp³-hybridized carbons (Fsp3) is 0.154. The maximum atomic E-state index is 9.59. The highest BCUT2D eigenvalue weighted by Crippen LogP contribution is 2.27. The zero-order valence-electron chi connectivity index (χ0n) is 8.93. The van der Waals surface area contributed by atoms with Gasteiger partial charge < -0.3 is 9.52 Å². The van der Waals surface area contributed by atoms with Crippen molar-refractivity contribution in [3.05, 3.63) is 47.2 Å². The first-order chi connectivity index (χ1) is 8.20. The molecule has 2 rings (SSSR count). The predicted molar refractivity (Wildman–Crippen MR) is 64.3 cm³/mol. The minimum Gasteiger partial charge on any atom is -0.458 e. The quantitative estimate of drug-likeness (QED) is 0.902. The maximum absolute atomic E-state index is 9.59. The minimum absolute atomic E-state index is 0.0214. The molecule has 1 N–H and O–H groups in total. The summed E-state index contributed by atoms with van der Waals surface area (Å²) in [6, 6.07) is 12.5. The van der Waals surface area contributed by atoms with Crippen LogP contribution in [-0.2, 0) is 0 Å². The van der Waals surface area contributed by atoms with E-state index in [1.165, 1.54) is 0 Å². The van der Waals surface area contributed by atoms with Gasteiger partial charge >= 0.3 is 0 Å². The molecular weight excluding hydrogens is 238 g/mol. The van der Waals surface area contributed by atoms with Gasteiger partial charge in [0.25, 0.3) is 0 Å². The fourth-order valence-corrected chi connectivity index (χ4v) is 1.61. The van der Waals surface area contributed by atoms with Crippen LogP contribution in [0.1, 0.15) is 18.3 Å². The molecule has 0 amide bonds. The van der Waals surface area contributed by atoms with Crippen LogP contribution in [0.2, 0.25) is 5.02 Å². The third kappa shape index (κ3) is 2.68. The molecule has 0 aliphatic carbocycles. The van der Waals surface area contributed by atoms with E-state index < -0.39 is 6.10 Å². The van der Waals surface area contributed by atoms with Crippen LogP contribution in [0.5, 0.6) is 0 Å². The van der Waals surface area contributed by atoms with E-state index in [4.69, 9.17) is 21.3 Å². The van der Waals surface area contributed by atoms with Gasteiger partial charge in [-0.15, -0.1) is 0 Å². The van der Waals surface area contributed by atoms with Crippen LogP contribution in [0.3, 0.4) is 0 Å². The third-order valence-electron chi connectivity index (χ3n) is 2.37. The Morgan fingerprint density at radius 3 is 2.59 bits per heavy atom. The number of benzene rings is 1. The van der Waals surface area contributed by atoms with E-state index in [1.807, 2.05) is 18.2 Å². The average molecular weight is 248 g/mol. The number of aliphatic hydroxyl groups excluding tert-OH is 1. The molecule has 0 saturated carbocycles. The lowest BCUT2D eigenvalue weighted by Gasteiger charge is -2.01. The zero-order valence-corrected chi connectivity index (χ0v) is 9.69. The Kier molecular flexibility index (Phi) is 3.48. The number of halogens is 1. The van der Waals surface area contributed by atoms with E-state index in [2.05, 4.69) is 0 Å². The molecule has 2 aromatic rings. The second-order valence-electron chi connectivity index (χ2n) is 3.59. The second-order valence-corrected chi connectivity index (χ2v) is 4.02. The van der Waals surface area contributed by atoms with Crippen molar-refractivity contribution in [3.63, 3.8) is 0 Å². The highest BCUT2D eigenvalue weighted by atomic mass is 35.5. The molecule has 86 valence electrons. The van der Waals surface area contributed by atoms with E-state index in [-0.39, 0.29) is 6.42 Å². The molecule has 3 nitrogen and oxygen atoms in total. The number of aliphatic hydroxyl groups is 1. The molecule has 0 aliphatic heterocycles. The standard InChI is InChI=1S/C13H10ClNO2/c14-10-3-1-9(2-4-10)12-5-6-13(17-12)11(16)7-8-15/h1-6,11,16H,7H2/t11-/m1/s1. The first-order valence-corrected chi connectivity index (χ1v) is 5.49. The number of furan rings is 1. The molecule has 17 heavy (non-hydrogen) atoms. The van der Waals surface area contributed by atoms with Gasteiger partial charge in [0.1, 0.15) is 17.6 Å². The second kappa shape index (κ2) is 5.05. The Morgan fingerprint density at radius 2 is 1.94 bits per heavy atom. The molecule has 1 heterocycles. The van der Waals surface area contributed by atoms with Crippen molar-refractivity contribution in [2.75, 3.05) is 0 Å². The van der Waals surface area contributed by atoms with Crippen molar-refractivity contribution in [3.8, 4) is 17.4 Å². The summed E-state index contributed by atoms with van der Waals surface area (Å²) in [6.07, 6.45) is -0.853. The number of nitriles is 1. The number of hydrogen-bond acceptors (Lipinski definition) is 3. The lowest BCUT2D eigenvalue weighted by atomic mass is 10.2. The molecule has 0 bridgehead atoms. The predicted octanol–water partition coefficient (Wildman–Crippen LogP) is 3.55. The Balaban J connectivity index is 2.24. The molecule has 0 spiro atoms. The summed E-state index contributed by atoms with van der Waals surface area (Å²) < 4.78 is 5.48. The highest BCUT2D eigenvalue weighted by molar-refractivity contribution is 6.30. The van der Waals surface area contributed by atoms with Gasteiger partial charge in [-0.05, 0) is 36.4 Å². The number of hydrogen-bond donors (Lipinski definition) is 1. The van der Waals surface area contributed by atoms with E-state index in [0.717, 1.165) is 5.56 Å². The first-order valence-electron chi connectivity index (χ1n) is 5.11. The lowest BCUT2D eigenvalue weighted by molar-refractivity contribution is 0.156. The summed E-state index contributed by atoms with van der Waals surface area (Å²) >= 11 is 5.79. The molecule has 1 atom stereocenters. The van der Waals surface area contributed by atoms with Crippen molar-refractivity contribution in [1.82, 2.24) is 0 Å². The molecular formula is C13H10ClNO2. The third-order valence-corrected chi connectivity index (χ3v) is 2.62. The van der Waals surface area contributed by atoms with Crippen LogP contribution in [-0.4, -0.2) is 5.11 Å². The van der Waals surface area contributed by atoms with Crippen molar-refractivity contribution in [1.29, 1.82) is 5.26 Å². The van der Waals surface area contributed by atoms with Crippen molar-refractivity contribution < 1.29 is 9.52 Å². The zero-order chi connectivity index (χ0) is 12.3. The Morgan fingerprint density at radius 1 is 1.24 bits per heavy atom. The largest absolute Gasteiger partial charge is 0.458 e. The van der Waals surface area contributed by atoms with Gasteiger partial charge in [0.2, 0.25) is 0 Å². The monoisotopic (exact) mass is 247 g/mol. The van der Waals surface area contributed by atoms with E-state index in [1.54, 1.807) is 24.3 Å². The van der Waals surface area contributed by atoms with Gasteiger partial charge in [-0.2, -0.15) is 5.26 Å². The first kappa shape index (κ1) is 11.7. The van der Waals surface area contributed by atoms with Gasteiger partial charge in [-0.3, -0.25) is 0 Å². The van der Waals surface area contributed by atoms with Gasteiger partial charge in [-0.1, -0.05) is 11.6 Å². The highest BCUT2D eigenvalue weighted by Gasteiger charge is 2.12. The van der Waals surface area contributed by atoms with E-state index in [0.29, 0.717) is 16.5 Å². The molecule has 0 aliphatic rings. The van der Waals surface area contributed by atoms with Crippen LogP contribution in [0.25, 0.3) is 11.3 Å². The minimum atomic E-state index is -0.874. The Hall–Kier alpha value is -1.76. The summed E-state index contributed by atoms with van der Waals surface area (Å²) in [5, 5.41) is 18.7. The van der Waals surface area contributed by atoms with Crippen LogP contribution < -0.4 is 0 Å². The Bertz CT molecular complexity index is 539. The van der Waals surface area contributed by atoms with Crippen molar-refractivity contribution in [2.45, 2.75) is 12.5 Å². The normalized spacial score (nSPS) is 12.1. The smallest absolute Gasteiger partial charge is 0.134 e. The van der Waals surface area contributed by atoms with E-state index in [9.17, 15) is 5.11 Å².